The molecule has 0 amide bonds. The molecule has 1 heterocycles. The molecule has 1 aliphatic carbocycles. The minimum Gasteiger partial charge on any atom is -0.389 e. The maximum Gasteiger partial charge on any atom is 0.0897 e. The standard InChI is InChI=1S/C17H34N2O2/c1-14-3-5-17(6-4-14)21-13-16(20)12-18-11-15-7-9-19(2)10-8-15/h14-18,20H,3-13H2,1-2H3. The highest BCUT2D eigenvalue weighted by Crippen LogP contribution is 2.25. The minimum atomic E-state index is -0.365. The van der Waals surface area contributed by atoms with Crippen LogP contribution in [0.4, 0.5) is 0 Å². The summed E-state index contributed by atoms with van der Waals surface area (Å²) in [5.74, 6) is 1.63. The van der Waals surface area contributed by atoms with E-state index in [1.54, 1.807) is 0 Å². The van der Waals surface area contributed by atoms with E-state index in [9.17, 15) is 5.11 Å². The molecule has 4 nitrogen and oxygen atoms in total. The average Bonchev–Trinajstić information content (AvgIpc) is 2.49. The van der Waals surface area contributed by atoms with Gasteiger partial charge in [-0.1, -0.05) is 6.92 Å². The van der Waals surface area contributed by atoms with Crippen molar-refractivity contribution in [3.63, 3.8) is 0 Å². The molecule has 1 saturated heterocycles. The summed E-state index contributed by atoms with van der Waals surface area (Å²) in [6, 6.07) is 0. The first-order chi connectivity index (χ1) is 10.1. The second kappa shape index (κ2) is 9.09. The van der Waals surface area contributed by atoms with E-state index in [1.807, 2.05) is 0 Å². The van der Waals surface area contributed by atoms with Crippen LogP contribution >= 0.6 is 0 Å². The van der Waals surface area contributed by atoms with Crippen molar-refractivity contribution in [3.05, 3.63) is 0 Å². The number of likely N-dealkylation sites (tertiary alicyclic amines) is 1. The molecule has 1 saturated carbocycles. The first-order valence-corrected chi connectivity index (χ1v) is 8.82. The Morgan fingerprint density at radius 3 is 2.48 bits per heavy atom. The molecule has 0 bridgehead atoms. The van der Waals surface area contributed by atoms with Crippen LogP contribution in [0.15, 0.2) is 0 Å². The monoisotopic (exact) mass is 298 g/mol. The zero-order valence-corrected chi connectivity index (χ0v) is 13.9. The Bertz CT molecular complexity index is 272. The van der Waals surface area contributed by atoms with Crippen molar-refractivity contribution in [2.75, 3.05) is 39.8 Å². The van der Waals surface area contributed by atoms with E-state index in [0.29, 0.717) is 19.3 Å². The van der Waals surface area contributed by atoms with Gasteiger partial charge in [-0.3, -0.25) is 0 Å². The third kappa shape index (κ3) is 6.64. The van der Waals surface area contributed by atoms with Crippen LogP contribution in [0.3, 0.4) is 0 Å². The summed E-state index contributed by atoms with van der Waals surface area (Å²) in [4.78, 5) is 2.39. The van der Waals surface area contributed by atoms with Gasteiger partial charge < -0.3 is 20.1 Å². The Hall–Kier alpha value is -0.160. The van der Waals surface area contributed by atoms with E-state index in [2.05, 4.69) is 24.2 Å². The Morgan fingerprint density at radius 1 is 1.14 bits per heavy atom. The number of nitrogens with one attached hydrogen (secondary N) is 1. The smallest absolute Gasteiger partial charge is 0.0897 e. The summed E-state index contributed by atoms with van der Waals surface area (Å²) in [7, 11) is 2.19. The van der Waals surface area contributed by atoms with Gasteiger partial charge in [-0.05, 0) is 77.0 Å². The van der Waals surface area contributed by atoms with E-state index in [-0.39, 0.29) is 6.10 Å². The zero-order valence-electron chi connectivity index (χ0n) is 13.9. The van der Waals surface area contributed by atoms with Crippen LogP contribution in [0.2, 0.25) is 0 Å². The van der Waals surface area contributed by atoms with Crippen molar-refractivity contribution >= 4 is 0 Å². The molecular formula is C17H34N2O2. The fraction of sp³-hybridized carbons (Fsp3) is 1.00. The number of ether oxygens (including phenoxy) is 1. The third-order valence-electron chi connectivity index (χ3n) is 5.14. The molecule has 2 fully saturated rings. The first-order valence-electron chi connectivity index (χ1n) is 8.82. The van der Waals surface area contributed by atoms with Gasteiger partial charge in [0.15, 0.2) is 0 Å². The van der Waals surface area contributed by atoms with Crippen molar-refractivity contribution in [2.24, 2.45) is 11.8 Å². The van der Waals surface area contributed by atoms with Crippen LogP contribution in [0.25, 0.3) is 0 Å². The molecule has 124 valence electrons. The fourth-order valence-corrected chi connectivity index (χ4v) is 3.42. The largest absolute Gasteiger partial charge is 0.389 e. The highest BCUT2D eigenvalue weighted by Gasteiger charge is 2.20. The van der Waals surface area contributed by atoms with Crippen molar-refractivity contribution in [1.82, 2.24) is 10.2 Å². The van der Waals surface area contributed by atoms with Crippen molar-refractivity contribution in [1.29, 1.82) is 0 Å². The molecule has 1 aliphatic heterocycles. The number of nitrogens with zero attached hydrogens (tertiary/aromatic N) is 1. The van der Waals surface area contributed by atoms with Gasteiger partial charge in [-0.25, -0.2) is 0 Å². The second-order valence-corrected chi connectivity index (χ2v) is 7.27. The number of hydrogen-bond donors (Lipinski definition) is 2. The van der Waals surface area contributed by atoms with E-state index in [4.69, 9.17) is 4.74 Å². The fourth-order valence-electron chi connectivity index (χ4n) is 3.42. The lowest BCUT2D eigenvalue weighted by Crippen LogP contribution is -2.38. The molecule has 2 aliphatic rings. The normalized spacial score (nSPS) is 30.4. The summed E-state index contributed by atoms with van der Waals surface area (Å²) in [6.45, 7) is 6.91. The molecular weight excluding hydrogens is 264 g/mol. The lowest BCUT2D eigenvalue weighted by atomic mass is 9.89. The number of hydrogen-bond acceptors (Lipinski definition) is 4. The summed E-state index contributed by atoms with van der Waals surface area (Å²) in [6.07, 6.45) is 7.44. The molecule has 0 aromatic carbocycles. The van der Waals surface area contributed by atoms with Crippen LogP contribution < -0.4 is 5.32 Å². The van der Waals surface area contributed by atoms with Gasteiger partial charge in [0.1, 0.15) is 0 Å². The van der Waals surface area contributed by atoms with E-state index in [0.717, 1.165) is 31.2 Å². The van der Waals surface area contributed by atoms with Gasteiger partial charge in [-0.2, -0.15) is 0 Å². The van der Waals surface area contributed by atoms with Gasteiger partial charge in [0, 0.05) is 6.54 Å². The minimum absolute atomic E-state index is 0.365. The molecule has 0 radical (unpaired) electrons. The van der Waals surface area contributed by atoms with E-state index < -0.39 is 0 Å². The van der Waals surface area contributed by atoms with Gasteiger partial charge >= 0.3 is 0 Å². The molecule has 0 spiro atoms. The van der Waals surface area contributed by atoms with E-state index >= 15 is 0 Å². The Balaban J connectivity index is 1.48. The van der Waals surface area contributed by atoms with Crippen molar-refractivity contribution in [3.8, 4) is 0 Å². The molecule has 2 N–H and O–H groups in total. The first kappa shape index (κ1) is 17.2. The number of aliphatic hydroxyl groups excluding tert-OH is 1. The van der Waals surface area contributed by atoms with Gasteiger partial charge in [0.2, 0.25) is 0 Å². The molecule has 4 heteroatoms. The highest BCUT2D eigenvalue weighted by atomic mass is 16.5. The molecule has 2 rings (SSSR count). The third-order valence-corrected chi connectivity index (χ3v) is 5.14. The van der Waals surface area contributed by atoms with Gasteiger partial charge in [0.25, 0.3) is 0 Å². The average molecular weight is 298 g/mol. The lowest BCUT2D eigenvalue weighted by Gasteiger charge is -2.29. The number of piperidine rings is 1. The van der Waals surface area contributed by atoms with Crippen LogP contribution in [-0.2, 0) is 4.74 Å². The SMILES string of the molecule is CC1CCC(OCC(O)CNCC2CCN(C)CC2)CC1. The number of aliphatic hydroxyl groups is 1. The predicted molar refractivity (Wildman–Crippen MR) is 86.5 cm³/mol. The zero-order chi connectivity index (χ0) is 15.1. The van der Waals surface area contributed by atoms with E-state index in [1.165, 1.54) is 38.8 Å². The van der Waals surface area contributed by atoms with Gasteiger partial charge in [0.05, 0.1) is 18.8 Å². The summed E-state index contributed by atoms with van der Waals surface area (Å²) < 4.78 is 5.85. The predicted octanol–water partition coefficient (Wildman–Crippen LogP) is 1.87. The summed E-state index contributed by atoms with van der Waals surface area (Å²) in [5, 5.41) is 13.4. The maximum absolute atomic E-state index is 10.0. The summed E-state index contributed by atoms with van der Waals surface area (Å²) >= 11 is 0. The summed E-state index contributed by atoms with van der Waals surface area (Å²) in [5.41, 5.74) is 0. The highest BCUT2D eigenvalue weighted by molar-refractivity contribution is 4.73. The van der Waals surface area contributed by atoms with Crippen LogP contribution in [0.5, 0.6) is 0 Å². The Labute approximate surface area is 130 Å². The lowest BCUT2D eigenvalue weighted by molar-refractivity contribution is -0.0280. The quantitative estimate of drug-likeness (QED) is 0.753. The number of rotatable bonds is 7. The van der Waals surface area contributed by atoms with Crippen molar-refractivity contribution < 1.29 is 9.84 Å². The van der Waals surface area contributed by atoms with Crippen molar-refractivity contribution in [2.45, 2.75) is 57.7 Å². The topological polar surface area (TPSA) is 44.7 Å². The molecule has 1 atom stereocenters. The van der Waals surface area contributed by atoms with Gasteiger partial charge in [-0.15, -0.1) is 0 Å². The maximum atomic E-state index is 10.0. The molecule has 0 aromatic rings. The Kier molecular flexibility index (Phi) is 7.44. The molecule has 1 unspecified atom stereocenters. The van der Waals surface area contributed by atoms with Crippen LogP contribution in [0, 0.1) is 11.8 Å². The van der Waals surface area contributed by atoms with Crippen LogP contribution in [0.1, 0.15) is 45.4 Å². The second-order valence-electron chi connectivity index (χ2n) is 7.27. The van der Waals surface area contributed by atoms with Crippen LogP contribution in [-0.4, -0.2) is 62.0 Å². The molecule has 0 aromatic heterocycles. The Morgan fingerprint density at radius 2 is 1.81 bits per heavy atom. The molecule has 21 heavy (non-hydrogen) atoms.